The Morgan fingerprint density at radius 2 is 2.20 bits per heavy atom. The van der Waals surface area contributed by atoms with Crippen LogP contribution in [0.4, 0.5) is 0 Å². The Balaban J connectivity index is 3.20. The van der Waals surface area contributed by atoms with Gasteiger partial charge in [-0.15, -0.1) is 0 Å². The van der Waals surface area contributed by atoms with Crippen molar-refractivity contribution in [3.63, 3.8) is 0 Å². The minimum Gasteiger partial charge on any atom is -0.276 e. The summed E-state index contributed by atoms with van der Waals surface area (Å²) in [5.74, 6) is 0. The van der Waals surface area contributed by atoms with Gasteiger partial charge in [0.2, 0.25) is 5.24 Å². The van der Waals surface area contributed by atoms with E-state index in [9.17, 15) is 4.79 Å². The van der Waals surface area contributed by atoms with Gasteiger partial charge < -0.3 is 0 Å². The highest BCUT2D eigenvalue weighted by Gasteiger charge is 1.74. The first-order valence-electron chi connectivity index (χ1n) is 1.02. The van der Waals surface area contributed by atoms with Gasteiger partial charge in [0.05, 0.1) is 0 Å². The Morgan fingerprint density at radius 3 is 2.20 bits per heavy atom. The summed E-state index contributed by atoms with van der Waals surface area (Å²) in [6.45, 7) is 4.56. The molecule has 0 aromatic rings. The lowest BCUT2D eigenvalue weighted by Crippen LogP contribution is -1.68. The van der Waals surface area contributed by atoms with E-state index in [-0.39, 0.29) is 0 Å². The number of carbonyl (C=O) groups excluding carboxylic acids is 1. The third-order valence-electron chi connectivity index (χ3n) is 0.131. The summed E-state index contributed by atoms with van der Waals surface area (Å²) in [5.41, 5.74) is 0. The molecule has 0 rings (SSSR count). The normalized spacial score (nSPS) is 6.60. The van der Waals surface area contributed by atoms with Crippen molar-refractivity contribution in [1.82, 2.24) is 0 Å². The second kappa shape index (κ2) is 1.97. The molecule has 27 valence electrons. The lowest BCUT2D eigenvalue weighted by Gasteiger charge is -1.58. The van der Waals surface area contributed by atoms with Gasteiger partial charge >= 0.3 is 0 Å². The lowest BCUT2D eigenvalue weighted by molar-refractivity contribution is -0.107. The van der Waals surface area contributed by atoms with E-state index >= 15 is 0 Å². The molecule has 1 nitrogen and oxygen atoms in total. The minimum absolute atomic E-state index is 0.620. The van der Waals surface area contributed by atoms with Gasteiger partial charge in [-0.3, -0.25) is 4.79 Å². The van der Waals surface area contributed by atoms with Crippen molar-refractivity contribution in [3.8, 4) is 0 Å². The van der Waals surface area contributed by atoms with Crippen molar-refractivity contribution in [2.75, 3.05) is 0 Å². The summed E-state index contributed by atoms with van der Waals surface area (Å²) in [4.78, 5) is 9.40. The highest BCUT2D eigenvalue weighted by atomic mass is 35.5. The molecule has 0 saturated carbocycles. The lowest BCUT2D eigenvalue weighted by atomic mass is 10.7. The molecule has 0 aliphatic carbocycles. The van der Waals surface area contributed by atoms with Crippen molar-refractivity contribution in [2.24, 2.45) is 0 Å². The van der Waals surface area contributed by atoms with Gasteiger partial charge in [-0.2, -0.15) is 0 Å². The van der Waals surface area contributed by atoms with Gasteiger partial charge in [0.1, 0.15) is 0 Å². The molecule has 1 radical (unpaired) electrons. The molecular weight excluding hydrogens is 87.5 g/mol. The van der Waals surface area contributed by atoms with Crippen LogP contribution in [0.25, 0.3) is 0 Å². The highest BCUT2D eigenvalue weighted by Crippen LogP contribution is 1.73. The topological polar surface area (TPSA) is 17.1 Å². The number of hydrogen-bond donors (Lipinski definition) is 0. The van der Waals surface area contributed by atoms with Crippen LogP contribution in [0.5, 0.6) is 0 Å². The zero-order valence-electron chi connectivity index (χ0n) is 2.44. The Morgan fingerprint density at radius 1 is 2.00 bits per heavy atom. The molecule has 0 bridgehead atoms. The molecule has 0 heterocycles. The van der Waals surface area contributed by atoms with Crippen LogP contribution >= 0.6 is 11.6 Å². The average Bonchev–Trinajstić information content (AvgIpc) is 1.38. The van der Waals surface area contributed by atoms with Gasteiger partial charge in [-0.25, -0.2) is 0 Å². The van der Waals surface area contributed by atoms with Crippen molar-refractivity contribution in [1.29, 1.82) is 0 Å². The summed E-state index contributed by atoms with van der Waals surface area (Å²) < 4.78 is 0. The molecule has 0 spiro atoms. The van der Waals surface area contributed by atoms with Gasteiger partial charge in [0, 0.05) is 0 Å². The molecule has 0 aliphatic heterocycles. The van der Waals surface area contributed by atoms with E-state index in [0.29, 0.717) is 0 Å². The highest BCUT2D eigenvalue weighted by molar-refractivity contribution is 6.66. The molecule has 0 saturated heterocycles. The van der Waals surface area contributed by atoms with E-state index in [2.05, 4.69) is 18.2 Å². The van der Waals surface area contributed by atoms with Crippen LogP contribution in [0.3, 0.4) is 0 Å². The molecule has 0 aromatic carbocycles. The summed E-state index contributed by atoms with van der Waals surface area (Å²) in [7, 11) is 0. The molecule has 2 heteroatoms. The Labute approximate surface area is 35.2 Å². The van der Waals surface area contributed by atoms with Crippen LogP contribution in [0.1, 0.15) is 0 Å². The first-order chi connectivity index (χ1) is 2.27. The van der Waals surface area contributed by atoms with Gasteiger partial charge in [0.25, 0.3) is 0 Å². The predicted molar refractivity (Wildman–Crippen MR) is 19.7 cm³/mol. The number of hydrogen-bond acceptors (Lipinski definition) is 1. The van der Waals surface area contributed by atoms with Gasteiger partial charge in [0.15, 0.2) is 0 Å². The standard InChI is InChI=1S/C3H2ClO/c1-2-3(4)5/h1-2H. The van der Waals surface area contributed by atoms with Crippen LogP contribution in [0.2, 0.25) is 0 Å². The molecule has 0 aromatic heterocycles. The third-order valence-corrected chi connectivity index (χ3v) is 0.257. The summed E-state index contributed by atoms with van der Waals surface area (Å²) in [5, 5.41) is -0.620. The van der Waals surface area contributed by atoms with Crippen LogP contribution in [-0.4, -0.2) is 5.24 Å². The molecule has 0 fully saturated rings. The molecule has 5 heavy (non-hydrogen) atoms. The molecule has 0 atom stereocenters. The van der Waals surface area contributed by atoms with E-state index in [1.807, 2.05) is 0 Å². The fraction of sp³-hybridized carbons (Fsp3) is 0. The summed E-state index contributed by atoms with van der Waals surface area (Å²) in [6.07, 6.45) is 0.793. The molecular formula is C3H2ClO. The van der Waals surface area contributed by atoms with Crippen LogP contribution in [-0.2, 0) is 4.79 Å². The third kappa shape index (κ3) is 3.70. The molecule has 0 aliphatic rings. The molecule has 0 unspecified atom stereocenters. The Hall–Kier alpha value is -0.300. The van der Waals surface area contributed by atoms with Crippen molar-refractivity contribution in [2.45, 2.75) is 0 Å². The fourth-order valence-corrected chi connectivity index (χ4v) is 0. The van der Waals surface area contributed by atoms with Crippen LogP contribution in [0.15, 0.2) is 6.08 Å². The minimum atomic E-state index is -0.620. The van der Waals surface area contributed by atoms with Crippen molar-refractivity contribution >= 4 is 16.8 Å². The number of halogens is 1. The summed E-state index contributed by atoms with van der Waals surface area (Å²) >= 11 is 4.64. The van der Waals surface area contributed by atoms with Crippen molar-refractivity contribution in [3.05, 3.63) is 12.7 Å². The van der Waals surface area contributed by atoms with E-state index in [4.69, 9.17) is 0 Å². The average molecular weight is 89.5 g/mol. The number of allylic oxidation sites excluding steroid dienone is 1. The Bertz CT molecular complexity index is 57.9. The largest absolute Gasteiger partial charge is 0.276 e. The van der Waals surface area contributed by atoms with E-state index in [1.165, 1.54) is 0 Å². The fourth-order valence-electron chi connectivity index (χ4n) is 0. The van der Waals surface area contributed by atoms with Gasteiger partial charge in [-0.05, 0) is 17.7 Å². The SMILES string of the molecule is [CH]=CC(=O)Cl. The first-order valence-corrected chi connectivity index (χ1v) is 1.39. The van der Waals surface area contributed by atoms with Gasteiger partial charge in [-0.1, -0.05) is 6.58 Å². The second-order valence-corrected chi connectivity index (χ2v) is 0.843. The zero-order valence-corrected chi connectivity index (χ0v) is 3.20. The quantitative estimate of drug-likeness (QED) is 0.342. The maximum Gasteiger partial charge on any atom is 0.245 e. The van der Waals surface area contributed by atoms with Crippen LogP contribution < -0.4 is 0 Å². The number of carbonyl (C=O) groups is 1. The maximum absolute atomic E-state index is 9.40. The number of rotatable bonds is 1. The van der Waals surface area contributed by atoms with Crippen molar-refractivity contribution < 1.29 is 4.79 Å². The molecule has 0 amide bonds. The maximum atomic E-state index is 9.40. The van der Waals surface area contributed by atoms with E-state index in [1.54, 1.807) is 0 Å². The summed E-state index contributed by atoms with van der Waals surface area (Å²) in [6, 6.07) is 0. The second-order valence-electron chi connectivity index (χ2n) is 0.471. The zero-order chi connectivity index (χ0) is 4.28. The molecule has 0 N–H and O–H groups in total. The van der Waals surface area contributed by atoms with Crippen LogP contribution in [0, 0.1) is 6.58 Å². The monoisotopic (exact) mass is 89.0 g/mol. The Kier molecular flexibility index (Phi) is 1.85. The first kappa shape index (κ1) is 4.70. The van der Waals surface area contributed by atoms with E-state index in [0.717, 1.165) is 6.08 Å². The smallest absolute Gasteiger partial charge is 0.245 e. The predicted octanol–water partition coefficient (Wildman–Crippen LogP) is 0.741. The van der Waals surface area contributed by atoms with E-state index < -0.39 is 5.24 Å².